The summed E-state index contributed by atoms with van der Waals surface area (Å²) in [4.78, 5) is 26.2. The summed E-state index contributed by atoms with van der Waals surface area (Å²) in [6.45, 7) is 0.629. The van der Waals surface area contributed by atoms with Crippen LogP contribution >= 0.6 is 0 Å². The van der Waals surface area contributed by atoms with Gasteiger partial charge in [0.1, 0.15) is 6.10 Å². The molecule has 1 aromatic rings. The first-order valence-electron chi connectivity index (χ1n) is 6.76. The number of ether oxygens (including phenoxy) is 1. The Morgan fingerprint density at radius 3 is 2.62 bits per heavy atom. The van der Waals surface area contributed by atoms with Crippen LogP contribution in [0, 0.1) is 10.1 Å². The van der Waals surface area contributed by atoms with Gasteiger partial charge in [-0.25, -0.2) is 0 Å². The van der Waals surface area contributed by atoms with Crippen LogP contribution in [0.5, 0.6) is 0 Å². The summed E-state index contributed by atoms with van der Waals surface area (Å²) >= 11 is 0. The highest BCUT2D eigenvalue weighted by molar-refractivity contribution is 5.99. The standard InChI is InChI=1S/C13H13F3N2O6/c1-8(24-18(21)22)6-7-23-12(13(14,15)16)10-5-3-2-4-9(10)11(19)17(12)20/h2-5,8,20H,6-7H2,1H3. The molecule has 8 nitrogen and oxygen atoms in total. The molecule has 2 rings (SSSR count). The van der Waals surface area contributed by atoms with E-state index in [1.54, 1.807) is 0 Å². The number of benzene rings is 1. The van der Waals surface area contributed by atoms with E-state index >= 15 is 0 Å². The van der Waals surface area contributed by atoms with Gasteiger partial charge in [-0.1, -0.05) is 18.2 Å². The lowest BCUT2D eigenvalue weighted by molar-refractivity contribution is -0.767. The summed E-state index contributed by atoms with van der Waals surface area (Å²) in [5.41, 5.74) is -4.26. The van der Waals surface area contributed by atoms with E-state index in [0.717, 1.165) is 12.1 Å². The molecule has 1 aliphatic heterocycles. The van der Waals surface area contributed by atoms with E-state index in [1.807, 2.05) is 0 Å². The van der Waals surface area contributed by atoms with Crippen LogP contribution in [-0.4, -0.2) is 40.2 Å². The average Bonchev–Trinajstić information content (AvgIpc) is 2.69. The monoisotopic (exact) mass is 350 g/mol. The van der Waals surface area contributed by atoms with Gasteiger partial charge >= 0.3 is 6.18 Å². The minimum atomic E-state index is -5.14. The number of carbonyl (C=O) groups excluding carboxylic acids is 1. The van der Waals surface area contributed by atoms with Crippen LogP contribution in [-0.2, 0) is 15.3 Å². The summed E-state index contributed by atoms with van der Waals surface area (Å²) in [5, 5.41) is 18.4. The van der Waals surface area contributed by atoms with Crippen LogP contribution in [0.15, 0.2) is 24.3 Å². The second-order valence-electron chi connectivity index (χ2n) is 5.08. The van der Waals surface area contributed by atoms with Gasteiger partial charge in [0, 0.05) is 5.56 Å². The van der Waals surface area contributed by atoms with Crippen molar-refractivity contribution in [2.75, 3.05) is 6.61 Å². The zero-order valence-corrected chi connectivity index (χ0v) is 12.3. The number of hydroxylamine groups is 2. The molecule has 0 aromatic heterocycles. The molecule has 1 amide bonds. The van der Waals surface area contributed by atoms with E-state index < -0.39 is 46.2 Å². The fourth-order valence-electron chi connectivity index (χ4n) is 2.40. The summed E-state index contributed by atoms with van der Waals surface area (Å²) in [6.07, 6.45) is -6.43. The van der Waals surface area contributed by atoms with Crippen LogP contribution in [0.3, 0.4) is 0 Å². The van der Waals surface area contributed by atoms with E-state index in [2.05, 4.69) is 4.84 Å². The topological polar surface area (TPSA) is 102 Å². The summed E-state index contributed by atoms with van der Waals surface area (Å²) in [5.74, 6) is -1.25. The molecule has 0 aliphatic carbocycles. The van der Waals surface area contributed by atoms with E-state index in [0.29, 0.717) is 0 Å². The average molecular weight is 350 g/mol. The van der Waals surface area contributed by atoms with Crippen molar-refractivity contribution in [2.24, 2.45) is 0 Å². The third kappa shape index (κ3) is 2.87. The molecule has 0 bridgehead atoms. The van der Waals surface area contributed by atoms with E-state index in [-0.39, 0.29) is 12.0 Å². The maximum absolute atomic E-state index is 13.6. The quantitative estimate of drug-likeness (QED) is 0.480. The summed E-state index contributed by atoms with van der Waals surface area (Å²) in [6, 6.07) is 4.78. The highest BCUT2D eigenvalue weighted by atomic mass is 19.4. The first kappa shape index (κ1) is 17.9. The second kappa shape index (κ2) is 6.24. The molecule has 1 aromatic carbocycles. The van der Waals surface area contributed by atoms with Gasteiger partial charge in [-0.2, -0.15) is 18.2 Å². The minimum Gasteiger partial charge on any atom is -0.342 e. The van der Waals surface area contributed by atoms with Gasteiger partial charge in [0.15, 0.2) is 0 Å². The molecule has 1 heterocycles. The molecule has 0 spiro atoms. The minimum absolute atomic E-state index is 0.261. The molecule has 2 unspecified atom stereocenters. The Morgan fingerprint density at radius 2 is 2.04 bits per heavy atom. The van der Waals surface area contributed by atoms with Crippen molar-refractivity contribution in [3.63, 3.8) is 0 Å². The Kier molecular flexibility index (Phi) is 4.67. The Labute approximate surface area is 133 Å². The Balaban J connectivity index is 2.29. The summed E-state index contributed by atoms with van der Waals surface area (Å²) in [7, 11) is 0. The molecule has 1 N–H and O–H groups in total. The van der Waals surface area contributed by atoms with Crippen molar-refractivity contribution in [3.8, 4) is 0 Å². The lowest BCUT2D eigenvalue weighted by Crippen LogP contribution is -2.55. The van der Waals surface area contributed by atoms with Gasteiger partial charge < -0.3 is 9.57 Å². The smallest absolute Gasteiger partial charge is 0.342 e. The maximum atomic E-state index is 13.6. The highest BCUT2D eigenvalue weighted by Crippen LogP contribution is 2.49. The Hall–Kier alpha value is -2.40. The number of rotatable bonds is 6. The molecule has 0 saturated heterocycles. The first-order valence-corrected chi connectivity index (χ1v) is 6.76. The Bertz CT molecular complexity index is 653. The fraction of sp³-hybridized carbons (Fsp3) is 0.462. The molecule has 24 heavy (non-hydrogen) atoms. The van der Waals surface area contributed by atoms with E-state index in [1.165, 1.54) is 19.1 Å². The predicted molar refractivity (Wildman–Crippen MR) is 70.2 cm³/mol. The zero-order chi connectivity index (χ0) is 18.1. The molecule has 11 heteroatoms. The molecule has 0 fully saturated rings. The van der Waals surface area contributed by atoms with Crippen LogP contribution in [0.25, 0.3) is 0 Å². The third-order valence-electron chi connectivity index (χ3n) is 3.50. The zero-order valence-electron chi connectivity index (χ0n) is 12.3. The molecule has 0 saturated carbocycles. The van der Waals surface area contributed by atoms with Crippen molar-refractivity contribution in [3.05, 3.63) is 45.5 Å². The fourth-order valence-corrected chi connectivity index (χ4v) is 2.40. The number of alkyl halides is 3. The third-order valence-corrected chi connectivity index (χ3v) is 3.50. The van der Waals surface area contributed by atoms with Gasteiger partial charge in [-0.05, 0) is 19.4 Å². The molecular weight excluding hydrogens is 337 g/mol. The van der Waals surface area contributed by atoms with E-state index in [4.69, 9.17) is 4.74 Å². The van der Waals surface area contributed by atoms with Crippen LogP contribution < -0.4 is 0 Å². The maximum Gasteiger partial charge on any atom is 0.443 e. The molecule has 1 aliphatic rings. The van der Waals surface area contributed by atoms with Crippen LogP contribution in [0.4, 0.5) is 13.2 Å². The van der Waals surface area contributed by atoms with Gasteiger partial charge in [-0.15, -0.1) is 10.1 Å². The summed E-state index contributed by atoms with van der Waals surface area (Å²) < 4.78 is 45.7. The number of hydrogen-bond donors (Lipinski definition) is 1. The lowest BCUT2D eigenvalue weighted by Gasteiger charge is -2.36. The lowest BCUT2D eigenvalue weighted by atomic mass is 10.0. The normalized spacial score (nSPS) is 21.5. The molecular formula is C13H13F3N2O6. The number of carbonyl (C=O) groups is 1. The first-order chi connectivity index (χ1) is 11.1. The van der Waals surface area contributed by atoms with Crippen molar-refractivity contribution < 1.29 is 37.8 Å². The van der Waals surface area contributed by atoms with Crippen molar-refractivity contribution in [2.45, 2.75) is 31.3 Å². The van der Waals surface area contributed by atoms with Crippen LogP contribution in [0.2, 0.25) is 0 Å². The van der Waals surface area contributed by atoms with Gasteiger partial charge in [0.25, 0.3) is 16.7 Å². The number of fused-ring (bicyclic) bond motifs is 1. The SMILES string of the molecule is CC(CCOC1(C(F)(F)F)c2ccccc2C(=O)N1O)O[N+](=O)[O-]. The van der Waals surface area contributed by atoms with Crippen molar-refractivity contribution >= 4 is 5.91 Å². The number of halogens is 3. The predicted octanol–water partition coefficient (Wildman–Crippen LogP) is 2.25. The van der Waals surface area contributed by atoms with E-state index in [9.17, 15) is 33.3 Å². The van der Waals surface area contributed by atoms with Crippen LogP contribution in [0.1, 0.15) is 29.3 Å². The number of nitrogens with zero attached hydrogens (tertiary/aromatic N) is 2. The second-order valence-corrected chi connectivity index (χ2v) is 5.08. The van der Waals surface area contributed by atoms with Gasteiger partial charge in [0.05, 0.1) is 12.2 Å². The molecule has 132 valence electrons. The molecule has 0 radical (unpaired) electrons. The highest BCUT2D eigenvalue weighted by Gasteiger charge is 2.68. The van der Waals surface area contributed by atoms with Crippen molar-refractivity contribution in [1.82, 2.24) is 5.06 Å². The number of hydrogen-bond acceptors (Lipinski definition) is 6. The molecule has 2 atom stereocenters. The number of amides is 1. The Morgan fingerprint density at radius 1 is 1.42 bits per heavy atom. The largest absolute Gasteiger partial charge is 0.443 e. The van der Waals surface area contributed by atoms with Gasteiger partial charge in [0.2, 0.25) is 0 Å². The van der Waals surface area contributed by atoms with Crippen molar-refractivity contribution in [1.29, 1.82) is 0 Å². The van der Waals surface area contributed by atoms with Gasteiger partial charge in [-0.3, -0.25) is 10.0 Å².